The topological polar surface area (TPSA) is 0 Å². The lowest BCUT2D eigenvalue weighted by molar-refractivity contribution is 0.610. The Morgan fingerprint density at radius 1 is 0.286 bits per heavy atom. The summed E-state index contributed by atoms with van der Waals surface area (Å²) in [5.74, 6) is 0. The molecule has 0 aromatic heterocycles. The second-order valence-electron chi connectivity index (χ2n) is 10.3. The standard InChI is InChI=1S/C28H32/c1-5-17(6-1)23-15-25(27(23)19-9-3-10-19)21-13-14-22(21)26-16-24(18-7-2-8-18)28(26)20-11-4-12-20/h1-16H2/b25-21-,26-22-. The minimum absolute atomic E-state index is 1.32. The van der Waals surface area contributed by atoms with Crippen molar-refractivity contribution < 1.29 is 0 Å². The number of rotatable bonds is 0. The molecule has 0 radical (unpaired) electrons. The van der Waals surface area contributed by atoms with Gasteiger partial charge in [-0.3, -0.25) is 0 Å². The zero-order chi connectivity index (χ0) is 18.2. The van der Waals surface area contributed by atoms with E-state index in [-0.39, 0.29) is 0 Å². The van der Waals surface area contributed by atoms with Crippen molar-refractivity contribution in [2.75, 3.05) is 0 Å². The van der Waals surface area contributed by atoms with Crippen molar-refractivity contribution in [1.29, 1.82) is 0 Å². The first-order valence-electron chi connectivity index (χ1n) is 12.2. The van der Waals surface area contributed by atoms with Crippen LogP contribution in [0.2, 0.25) is 0 Å². The lowest BCUT2D eigenvalue weighted by Gasteiger charge is -2.45. The summed E-state index contributed by atoms with van der Waals surface area (Å²) in [6, 6.07) is 0. The van der Waals surface area contributed by atoms with E-state index in [9.17, 15) is 0 Å². The summed E-state index contributed by atoms with van der Waals surface area (Å²) in [4.78, 5) is 0. The van der Waals surface area contributed by atoms with Gasteiger partial charge >= 0.3 is 0 Å². The minimum atomic E-state index is 1.32. The Morgan fingerprint density at radius 2 is 0.643 bits per heavy atom. The molecule has 0 heteroatoms. The van der Waals surface area contributed by atoms with Gasteiger partial charge in [0.2, 0.25) is 0 Å². The van der Waals surface area contributed by atoms with E-state index in [2.05, 4.69) is 0 Å². The second-order valence-corrected chi connectivity index (χ2v) is 10.3. The van der Waals surface area contributed by atoms with Crippen LogP contribution in [0.1, 0.15) is 103 Å². The van der Waals surface area contributed by atoms with Crippen LogP contribution in [-0.2, 0) is 0 Å². The largest absolute Gasteiger partial charge is 0.0660 e. The van der Waals surface area contributed by atoms with E-state index in [4.69, 9.17) is 0 Å². The van der Waals surface area contributed by atoms with Crippen LogP contribution >= 0.6 is 0 Å². The maximum Gasteiger partial charge on any atom is -0.00113 e. The molecule has 7 rings (SSSR count). The lowest BCUT2D eigenvalue weighted by Crippen LogP contribution is -2.26. The Morgan fingerprint density at radius 3 is 0.893 bits per heavy atom. The first kappa shape index (κ1) is 16.3. The van der Waals surface area contributed by atoms with Crippen LogP contribution in [0, 0.1) is 0 Å². The molecule has 0 N–H and O–H groups in total. The molecule has 7 fully saturated rings. The highest BCUT2D eigenvalue weighted by atomic mass is 14.4. The Balaban J connectivity index is 1.30. The van der Waals surface area contributed by atoms with Crippen LogP contribution in [0.25, 0.3) is 0 Å². The molecule has 0 atom stereocenters. The van der Waals surface area contributed by atoms with Crippen LogP contribution in [-0.4, -0.2) is 0 Å². The smallest absolute Gasteiger partial charge is 0.00113 e. The van der Waals surface area contributed by atoms with E-state index in [0.29, 0.717) is 0 Å². The molecule has 28 heavy (non-hydrogen) atoms. The molecule has 0 aliphatic heterocycles. The highest BCUT2D eigenvalue weighted by molar-refractivity contribution is 5.74. The van der Waals surface area contributed by atoms with E-state index < -0.39 is 0 Å². The summed E-state index contributed by atoms with van der Waals surface area (Å²) in [6.45, 7) is 0. The molecule has 0 unspecified atom stereocenters. The fraction of sp³-hybridized carbons (Fsp3) is 0.571. The normalized spacial score (nSPS) is 34.3. The van der Waals surface area contributed by atoms with Gasteiger partial charge in [-0.25, -0.2) is 0 Å². The van der Waals surface area contributed by atoms with Gasteiger partial charge < -0.3 is 0 Å². The SMILES string of the molecule is C1CC(=C2C/C(=C3\CC\C3=C3/CC(=C4CCC4)C3=C3CCC3)C2=C2CCC2)C1. The molecule has 7 aliphatic rings. The summed E-state index contributed by atoms with van der Waals surface area (Å²) in [7, 11) is 0. The van der Waals surface area contributed by atoms with Gasteiger partial charge in [0.15, 0.2) is 0 Å². The Labute approximate surface area is 169 Å². The van der Waals surface area contributed by atoms with Crippen LogP contribution < -0.4 is 0 Å². The van der Waals surface area contributed by atoms with E-state index in [1.807, 2.05) is 44.6 Å². The zero-order valence-electron chi connectivity index (χ0n) is 17.3. The molecule has 144 valence electrons. The third-order valence-electron chi connectivity index (χ3n) is 9.02. The van der Waals surface area contributed by atoms with Gasteiger partial charge in [0.05, 0.1) is 0 Å². The van der Waals surface area contributed by atoms with E-state index >= 15 is 0 Å². The maximum atomic E-state index is 1.82. The molecule has 0 nitrogen and oxygen atoms in total. The highest BCUT2D eigenvalue weighted by Gasteiger charge is 2.40. The fourth-order valence-electron chi connectivity index (χ4n) is 6.39. The van der Waals surface area contributed by atoms with Crippen molar-refractivity contribution in [3.63, 3.8) is 0 Å². The summed E-state index contributed by atoms with van der Waals surface area (Å²) in [5.41, 5.74) is 21.7. The van der Waals surface area contributed by atoms with Gasteiger partial charge in [0.1, 0.15) is 0 Å². The summed E-state index contributed by atoms with van der Waals surface area (Å²) in [5, 5.41) is 0. The molecule has 0 spiro atoms. The van der Waals surface area contributed by atoms with Crippen molar-refractivity contribution in [1.82, 2.24) is 0 Å². The molecule has 0 amide bonds. The third kappa shape index (κ3) is 2.13. The molecule has 7 saturated carbocycles. The number of allylic oxidation sites excluding steroid dienone is 12. The predicted molar refractivity (Wildman–Crippen MR) is 116 cm³/mol. The van der Waals surface area contributed by atoms with Crippen LogP contribution in [0.15, 0.2) is 66.9 Å². The van der Waals surface area contributed by atoms with Crippen LogP contribution in [0.3, 0.4) is 0 Å². The van der Waals surface area contributed by atoms with Gasteiger partial charge in [-0.05, 0) is 147 Å². The molecule has 0 saturated heterocycles. The van der Waals surface area contributed by atoms with Gasteiger partial charge in [0, 0.05) is 0 Å². The van der Waals surface area contributed by atoms with Gasteiger partial charge in [0.25, 0.3) is 0 Å². The van der Waals surface area contributed by atoms with Gasteiger partial charge in [-0.15, -0.1) is 0 Å². The summed E-state index contributed by atoms with van der Waals surface area (Å²) >= 11 is 0. The van der Waals surface area contributed by atoms with Gasteiger partial charge in [-0.2, -0.15) is 0 Å². The molecule has 0 aromatic carbocycles. The average molecular weight is 369 g/mol. The second kappa shape index (κ2) is 5.97. The van der Waals surface area contributed by atoms with Crippen LogP contribution in [0.4, 0.5) is 0 Å². The quantitative estimate of drug-likeness (QED) is 0.405. The van der Waals surface area contributed by atoms with Crippen molar-refractivity contribution >= 4 is 0 Å². The maximum absolute atomic E-state index is 1.82. The lowest BCUT2D eigenvalue weighted by atomic mass is 9.60. The summed E-state index contributed by atoms with van der Waals surface area (Å²) < 4.78 is 0. The molecule has 0 bridgehead atoms. The Kier molecular flexibility index (Phi) is 3.47. The predicted octanol–water partition coefficient (Wildman–Crippen LogP) is 8.10. The minimum Gasteiger partial charge on any atom is -0.0660 e. The number of hydrogen-bond acceptors (Lipinski definition) is 0. The van der Waals surface area contributed by atoms with E-state index in [0.717, 1.165) is 0 Å². The van der Waals surface area contributed by atoms with Crippen molar-refractivity contribution in [2.24, 2.45) is 0 Å². The van der Waals surface area contributed by atoms with Crippen molar-refractivity contribution in [2.45, 2.75) is 103 Å². The highest BCUT2D eigenvalue weighted by Crippen LogP contribution is 2.59. The molecule has 0 heterocycles. The molecule has 0 aromatic rings. The van der Waals surface area contributed by atoms with Gasteiger partial charge in [-0.1, -0.05) is 22.3 Å². The first-order valence-corrected chi connectivity index (χ1v) is 12.2. The number of hydrogen-bond donors (Lipinski definition) is 0. The van der Waals surface area contributed by atoms with Crippen molar-refractivity contribution in [3.8, 4) is 0 Å². The molecule has 7 aliphatic carbocycles. The molecular weight excluding hydrogens is 336 g/mol. The third-order valence-corrected chi connectivity index (χ3v) is 9.02. The summed E-state index contributed by atoms with van der Waals surface area (Å²) in [6.07, 6.45) is 22.3. The molecular formula is C28H32. The van der Waals surface area contributed by atoms with E-state index in [1.165, 1.54) is 103 Å². The zero-order valence-corrected chi connectivity index (χ0v) is 17.3. The van der Waals surface area contributed by atoms with E-state index in [1.54, 1.807) is 22.3 Å². The fourth-order valence-corrected chi connectivity index (χ4v) is 6.39. The monoisotopic (exact) mass is 368 g/mol. The Bertz CT molecular complexity index is 889. The first-order chi connectivity index (χ1) is 13.9. The van der Waals surface area contributed by atoms with Crippen molar-refractivity contribution in [3.05, 3.63) is 66.9 Å². The Hall–Kier alpha value is -1.56. The average Bonchev–Trinajstić information content (AvgIpc) is 2.47. The van der Waals surface area contributed by atoms with Crippen LogP contribution in [0.5, 0.6) is 0 Å².